The number of aromatic hydroxyl groups is 1. The van der Waals surface area contributed by atoms with Crippen LogP contribution in [0.2, 0.25) is 0 Å². The zero-order chi connectivity index (χ0) is 9.42. The molecule has 1 aromatic carbocycles. The second-order valence-corrected chi connectivity index (χ2v) is 5.48. The topological polar surface area (TPSA) is 44.0 Å². The lowest BCUT2D eigenvalue weighted by molar-refractivity contribution is 0.482. The summed E-state index contributed by atoms with van der Waals surface area (Å²) >= 11 is 3.67. The monoisotopic (exact) mass is 301 g/mol. The Hall–Kier alpha value is -0.800. The molecule has 0 spiro atoms. The number of thiophene rings is 1. The first-order chi connectivity index (χ1) is 6.22. The fraction of sp³-hybridized carbons (Fsp3) is 0. The number of phenolic OH excluding ortho intramolecular Hbond substituents is 1. The number of nitriles is 1. The number of benzene rings is 1. The Bertz CT molecular complexity index is 512. The van der Waals surface area contributed by atoms with Crippen LogP contribution in [0.5, 0.6) is 5.75 Å². The third kappa shape index (κ3) is 1.38. The maximum Gasteiger partial charge on any atom is 0.133 e. The summed E-state index contributed by atoms with van der Waals surface area (Å²) in [5.74, 6) is 0.252. The second kappa shape index (κ2) is 3.16. The average Bonchev–Trinajstić information content (AvgIpc) is 2.48. The molecular weight excluding hydrogens is 297 g/mol. The van der Waals surface area contributed by atoms with Crippen molar-refractivity contribution in [3.8, 4) is 11.8 Å². The highest BCUT2D eigenvalue weighted by atomic mass is 127. The lowest BCUT2D eigenvalue weighted by Gasteiger charge is -1.94. The van der Waals surface area contributed by atoms with Crippen molar-refractivity contribution in [2.45, 2.75) is 0 Å². The zero-order valence-electron chi connectivity index (χ0n) is 6.41. The molecule has 0 fully saturated rings. The number of hydrogen-bond acceptors (Lipinski definition) is 3. The zero-order valence-corrected chi connectivity index (χ0v) is 9.39. The van der Waals surface area contributed by atoms with Crippen LogP contribution >= 0.6 is 33.9 Å². The Morgan fingerprint density at radius 3 is 2.92 bits per heavy atom. The Labute approximate surface area is 92.6 Å². The van der Waals surface area contributed by atoms with Crippen molar-refractivity contribution in [3.05, 3.63) is 26.6 Å². The van der Waals surface area contributed by atoms with Crippen LogP contribution in [0.1, 0.15) is 5.56 Å². The van der Waals surface area contributed by atoms with E-state index in [0.717, 1.165) is 13.0 Å². The molecule has 0 saturated carbocycles. The van der Waals surface area contributed by atoms with Crippen LogP contribution in [0.3, 0.4) is 0 Å². The molecule has 0 amide bonds. The van der Waals surface area contributed by atoms with Gasteiger partial charge in [0.05, 0.1) is 19.2 Å². The van der Waals surface area contributed by atoms with Crippen molar-refractivity contribution >= 4 is 44.0 Å². The van der Waals surface area contributed by atoms with Gasteiger partial charge in [-0.25, -0.2) is 0 Å². The standard InChI is InChI=1S/C9H4INOS/c10-8-3-6-5(4-11)1-2-7(12)9(6)13-8/h1-3,12H. The van der Waals surface area contributed by atoms with Gasteiger partial charge in [-0.05, 0) is 40.8 Å². The van der Waals surface area contributed by atoms with Crippen LogP contribution in [0.15, 0.2) is 18.2 Å². The van der Waals surface area contributed by atoms with Gasteiger partial charge < -0.3 is 5.11 Å². The van der Waals surface area contributed by atoms with Crippen molar-refractivity contribution in [1.82, 2.24) is 0 Å². The molecule has 1 aromatic heterocycles. The van der Waals surface area contributed by atoms with E-state index in [9.17, 15) is 5.11 Å². The first kappa shape index (κ1) is 8.78. The minimum Gasteiger partial charge on any atom is -0.506 e. The molecule has 2 nitrogen and oxygen atoms in total. The lowest BCUT2D eigenvalue weighted by Crippen LogP contribution is -1.74. The fourth-order valence-electron chi connectivity index (χ4n) is 1.18. The summed E-state index contributed by atoms with van der Waals surface area (Å²) in [6.45, 7) is 0. The van der Waals surface area contributed by atoms with E-state index in [1.165, 1.54) is 11.3 Å². The fourth-order valence-corrected chi connectivity index (χ4v) is 2.97. The second-order valence-electron chi connectivity index (χ2n) is 2.54. The van der Waals surface area contributed by atoms with Crippen LogP contribution in [-0.4, -0.2) is 5.11 Å². The molecule has 1 N–H and O–H groups in total. The smallest absolute Gasteiger partial charge is 0.133 e. The molecule has 2 rings (SSSR count). The summed E-state index contributed by atoms with van der Waals surface area (Å²) in [7, 11) is 0. The van der Waals surface area contributed by atoms with E-state index < -0.39 is 0 Å². The van der Waals surface area contributed by atoms with Crippen LogP contribution in [0, 0.1) is 14.2 Å². The Kier molecular flexibility index (Phi) is 2.14. The van der Waals surface area contributed by atoms with Crippen molar-refractivity contribution in [1.29, 1.82) is 5.26 Å². The maximum atomic E-state index is 9.50. The number of nitrogens with zero attached hydrogens (tertiary/aromatic N) is 1. The van der Waals surface area contributed by atoms with E-state index in [0.29, 0.717) is 5.56 Å². The first-order valence-corrected chi connectivity index (χ1v) is 5.43. The highest BCUT2D eigenvalue weighted by molar-refractivity contribution is 14.1. The van der Waals surface area contributed by atoms with E-state index in [4.69, 9.17) is 5.26 Å². The molecule has 4 heteroatoms. The molecular formula is C9H4INOS. The summed E-state index contributed by atoms with van der Waals surface area (Å²) < 4.78 is 1.87. The van der Waals surface area contributed by atoms with Gasteiger partial charge in [-0.3, -0.25) is 0 Å². The van der Waals surface area contributed by atoms with Crippen molar-refractivity contribution in [2.75, 3.05) is 0 Å². The highest BCUT2D eigenvalue weighted by Crippen LogP contribution is 2.35. The number of fused-ring (bicyclic) bond motifs is 1. The largest absolute Gasteiger partial charge is 0.506 e. The minimum atomic E-state index is 0.252. The predicted octanol–water partition coefficient (Wildman–Crippen LogP) is 3.08. The Morgan fingerprint density at radius 1 is 1.46 bits per heavy atom. The molecule has 0 unspecified atom stereocenters. The average molecular weight is 301 g/mol. The molecule has 1 heterocycles. The summed E-state index contributed by atoms with van der Waals surface area (Å²) in [4.78, 5) is 0. The SMILES string of the molecule is N#Cc1ccc(O)c2sc(I)cc12. The first-order valence-electron chi connectivity index (χ1n) is 3.53. The Balaban J connectivity index is 2.94. The van der Waals surface area contributed by atoms with Crippen LogP contribution in [0.4, 0.5) is 0 Å². The summed E-state index contributed by atoms with van der Waals surface area (Å²) in [5.41, 5.74) is 0.618. The van der Waals surface area contributed by atoms with E-state index in [1.807, 2.05) is 6.07 Å². The van der Waals surface area contributed by atoms with Gasteiger partial charge in [0, 0.05) is 5.39 Å². The molecule has 13 heavy (non-hydrogen) atoms. The van der Waals surface area contributed by atoms with Crippen molar-refractivity contribution < 1.29 is 5.11 Å². The van der Waals surface area contributed by atoms with Crippen LogP contribution in [-0.2, 0) is 0 Å². The van der Waals surface area contributed by atoms with Gasteiger partial charge in [0.25, 0.3) is 0 Å². The van der Waals surface area contributed by atoms with E-state index >= 15 is 0 Å². The quantitative estimate of drug-likeness (QED) is 0.760. The molecule has 0 atom stereocenters. The molecule has 0 aliphatic carbocycles. The summed E-state index contributed by atoms with van der Waals surface area (Å²) in [5, 5.41) is 19.2. The van der Waals surface area contributed by atoms with Gasteiger partial charge in [-0.15, -0.1) is 11.3 Å². The van der Waals surface area contributed by atoms with Crippen LogP contribution < -0.4 is 0 Å². The predicted molar refractivity (Wildman–Crippen MR) is 60.9 cm³/mol. The third-order valence-corrected chi connectivity index (χ3v) is 3.67. The van der Waals surface area contributed by atoms with Gasteiger partial charge in [0.15, 0.2) is 0 Å². The summed E-state index contributed by atoms with van der Waals surface area (Å²) in [6.07, 6.45) is 0. The molecule has 0 aliphatic heterocycles. The van der Waals surface area contributed by atoms with Gasteiger partial charge in [0.1, 0.15) is 5.75 Å². The van der Waals surface area contributed by atoms with Gasteiger partial charge in [-0.2, -0.15) is 5.26 Å². The third-order valence-electron chi connectivity index (χ3n) is 1.75. The van der Waals surface area contributed by atoms with Crippen molar-refractivity contribution in [3.63, 3.8) is 0 Å². The van der Waals surface area contributed by atoms with E-state index in [1.54, 1.807) is 12.1 Å². The number of phenols is 1. The molecule has 0 bridgehead atoms. The normalized spacial score (nSPS) is 10.2. The summed E-state index contributed by atoms with van der Waals surface area (Å²) in [6, 6.07) is 7.22. The molecule has 0 saturated heterocycles. The molecule has 0 radical (unpaired) electrons. The number of halogens is 1. The maximum absolute atomic E-state index is 9.50. The van der Waals surface area contributed by atoms with E-state index in [-0.39, 0.29) is 5.75 Å². The van der Waals surface area contributed by atoms with E-state index in [2.05, 4.69) is 28.7 Å². The number of hydrogen-bond donors (Lipinski definition) is 1. The van der Waals surface area contributed by atoms with Gasteiger partial charge >= 0.3 is 0 Å². The minimum absolute atomic E-state index is 0.252. The highest BCUT2D eigenvalue weighted by Gasteiger charge is 2.08. The van der Waals surface area contributed by atoms with Crippen LogP contribution in [0.25, 0.3) is 10.1 Å². The number of rotatable bonds is 0. The molecule has 2 aromatic rings. The Morgan fingerprint density at radius 2 is 2.23 bits per heavy atom. The van der Waals surface area contributed by atoms with Crippen molar-refractivity contribution in [2.24, 2.45) is 0 Å². The van der Waals surface area contributed by atoms with Gasteiger partial charge in [-0.1, -0.05) is 0 Å². The lowest BCUT2D eigenvalue weighted by atomic mass is 10.1. The molecule has 64 valence electrons. The van der Waals surface area contributed by atoms with Gasteiger partial charge in [0.2, 0.25) is 0 Å². The molecule has 0 aliphatic rings.